The Labute approximate surface area is 151 Å². The zero-order chi connectivity index (χ0) is 17.8. The van der Waals surface area contributed by atoms with E-state index < -0.39 is 0 Å². The summed E-state index contributed by atoms with van der Waals surface area (Å²) in [5.41, 5.74) is 2.52. The van der Waals surface area contributed by atoms with Crippen LogP contribution >= 0.6 is 11.8 Å². The average molecular weight is 354 g/mol. The quantitative estimate of drug-likeness (QED) is 0.824. The van der Waals surface area contributed by atoms with Gasteiger partial charge in [-0.25, -0.2) is 0 Å². The van der Waals surface area contributed by atoms with Crippen LogP contribution in [0.4, 0.5) is 0 Å². The van der Waals surface area contributed by atoms with Crippen LogP contribution in [0.3, 0.4) is 0 Å². The molecule has 0 N–H and O–H groups in total. The zero-order valence-corrected chi connectivity index (χ0v) is 14.9. The van der Waals surface area contributed by atoms with E-state index in [1.165, 1.54) is 0 Å². The first-order chi connectivity index (χ1) is 12.2. The van der Waals surface area contributed by atoms with Gasteiger partial charge in [0.05, 0.1) is 38.1 Å². The van der Waals surface area contributed by atoms with E-state index in [1.807, 2.05) is 35.2 Å². The van der Waals surface area contributed by atoms with Gasteiger partial charge in [-0.1, -0.05) is 12.1 Å². The lowest BCUT2D eigenvalue weighted by molar-refractivity contribution is -0.128. The molecule has 25 heavy (non-hydrogen) atoms. The number of carbonyl (C=O) groups is 1. The van der Waals surface area contributed by atoms with Crippen molar-refractivity contribution in [3.63, 3.8) is 0 Å². The summed E-state index contributed by atoms with van der Waals surface area (Å²) in [5.74, 6) is 1.98. The third-order valence-electron chi connectivity index (χ3n) is 4.12. The van der Waals surface area contributed by atoms with E-state index in [0.717, 1.165) is 22.6 Å². The summed E-state index contributed by atoms with van der Waals surface area (Å²) < 4.78 is 10.7. The number of rotatable bonds is 5. The van der Waals surface area contributed by atoms with Crippen LogP contribution in [0.5, 0.6) is 11.5 Å². The number of hydrogen-bond acceptors (Lipinski definition) is 5. The first-order valence-corrected chi connectivity index (χ1v) is 8.83. The van der Waals surface area contributed by atoms with E-state index >= 15 is 0 Å². The highest BCUT2D eigenvalue weighted by molar-refractivity contribution is 8.00. The number of ether oxygens (including phenoxy) is 2. The molecule has 1 saturated heterocycles. The third-order valence-corrected chi connectivity index (χ3v) is 5.38. The number of nitriles is 1. The Bertz CT molecular complexity index is 814. The predicted octanol–water partition coefficient (Wildman–Crippen LogP) is 3.35. The van der Waals surface area contributed by atoms with Crippen LogP contribution in [-0.2, 0) is 11.3 Å². The van der Waals surface area contributed by atoms with Gasteiger partial charge in [0.25, 0.3) is 0 Å². The summed E-state index contributed by atoms with van der Waals surface area (Å²) in [6.45, 7) is 0.441. The van der Waals surface area contributed by atoms with Crippen LogP contribution in [0.2, 0.25) is 0 Å². The molecule has 5 nitrogen and oxygen atoms in total. The molecule has 128 valence electrons. The topological polar surface area (TPSA) is 62.6 Å². The van der Waals surface area contributed by atoms with Crippen LogP contribution in [0.1, 0.15) is 22.1 Å². The Kier molecular flexibility index (Phi) is 5.15. The Morgan fingerprint density at radius 3 is 2.60 bits per heavy atom. The lowest BCUT2D eigenvalue weighted by Crippen LogP contribution is -2.27. The first kappa shape index (κ1) is 17.2. The number of amides is 1. The van der Waals surface area contributed by atoms with E-state index in [0.29, 0.717) is 17.9 Å². The molecule has 3 rings (SSSR count). The zero-order valence-electron chi connectivity index (χ0n) is 14.1. The Balaban J connectivity index is 1.89. The van der Waals surface area contributed by atoms with Crippen molar-refractivity contribution >= 4 is 17.7 Å². The molecule has 1 fully saturated rings. The lowest BCUT2D eigenvalue weighted by Gasteiger charge is -2.25. The molecular formula is C19H18N2O3S. The second-order valence-electron chi connectivity index (χ2n) is 5.60. The lowest BCUT2D eigenvalue weighted by atomic mass is 10.1. The highest BCUT2D eigenvalue weighted by atomic mass is 32.2. The molecule has 0 aliphatic carbocycles. The fraction of sp³-hybridized carbons (Fsp3) is 0.263. The highest BCUT2D eigenvalue weighted by Gasteiger charge is 2.33. The van der Waals surface area contributed by atoms with Gasteiger partial charge >= 0.3 is 0 Å². The summed E-state index contributed by atoms with van der Waals surface area (Å²) in [6, 6.07) is 15.1. The Morgan fingerprint density at radius 1 is 1.20 bits per heavy atom. The first-order valence-electron chi connectivity index (χ1n) is 7.78. The Hall–Kier alpha value is -2.65. The number of nitrogens with zero attached hydrogens (tertiary/aromatic N) is 2. The summed E-state index contributed by atoms with van der Waals surface area (Å²) in [6.07, 6.45) is 0. The molecule has 0 saturated carbocycles. The van der Waals surface area contributed by atoms with Gasteiger partial charge < -0.3 is 14.4 Å². The maximum absolute atomic E-state index is 12.4. The SMILES string of the molecule is COc1ccc(OC)c(CN2C(=O)CSC2c2ccc(C#N)cc2)c1. The minimum absolute atomic E-state index is 0.0730. The summed E-state index contributed by atoms with van der Waals surface area (Å²) >= 11 is 1.59. The predicted molar refractivity (Wildman–Crippen MR) is 96.5 cm³/mol. The molecule has 1 atom stereocenters. The van der Waals surface area contributed by atoms with Crippen LogP contribution in [0.25, 0.3) is 0 Å². The highest BCUT2D eigenvalue weighted by Crippen LogP contribution is 2.40. The molecule has 1 aliphatic rings. The van der Waals surface area contributed by atoms with Gasteiger partial charge in [0.1, 0.15) is 16.9 Å². The van der Waals surface area contributed by atoms with Crippen molar-refractivity contribution in [2.45, 2.75) is 11.9 Å². The molecule has 2 aromatic carbocycles. The summed E-state index contributed by atoms with van der Waals surface area (Å²) in [5, 5.41) is 8.87. The molecule has 6 heteroatoms. The Morgan fingerprint density at radius 2 is 1.96 bits per heavy atom. The number of thioether (sulfide) groups is 1. The monoisotopic (exact) mass is 354 g/mol. The molecule has 1 aliphatic heterocycles. The molecule has 1 amide bonds. The van der Waals surface area contributed by atoms with Crippen molar-refractivity contribution in [1.82, 2.24) is 4.90 Å². The van der Waals surface area contributed by atoms with Gasteiger partial charge in [0.2, 0.25) is 5.91 Å². The maximum atomic E-state index is 12.4. The van der Waals surface area contributed by atoms with Crippen molar-refractivity contribution < 1.29 is 14.3 Å². The number of carbonyl (C=O) groups excluding carboxylic acids is 1. The van der Waals surface area contributed by atoms with Crippen molar-refractivity contribution in [2.75, 3.05) is 20.0 Å². The van der Waals surface area contributed by atoms with Crippen LogP contribution in [0.15, 0.2) is 42.5 Å². The van der Waals surface area contributed by atoms with Gasteiger partial charge in [0, 0.05) is 5.56 Å². The van der Waals surface area contributed by atoms with Crippen LogP contribution < -0.4 is 9.47 Å². The summed E-state index contributed by atoms with van der Waals surface area (Å²) in [4.78, 5) is 14.3. The molecule has 0 spiro atoms. The van der Waals surface area contributed by atoms with Crippen molar-refractivity contribution in [1.29, 1.82) is 5.26 Å². The molecular weight excluding hydrogens is 336 g/mol. The minimum atomic E-state index is -0.0730. The molecule has 0 bridgehead atoms. The largest absolute Gasteiger partial charge is 0.497 e. The second kappa shape index (κ2) is 7.49. The smallest absolute Gasteiger partial charge is 0.234 e. The van der Waals surface area contributed by atoms with E-state index in [-0.39, 0.29) is 11.3 Å². The third kappa shape index (κ3) is 3.57. The standard InChI is InChI=1S/C19H18N2O3S/c1-23-16-7-8-17(24-2)15(9-16)11-21-18(22)12-25-19(21)14-5-3-13(10-20)4-6-14/h3-9,19H,11-12H2,1-2H3. The number of methoxy groups -OCH3 is 2. The number of benzene rings is 2. The van der Waals surface area contributed by atoms with Gasteiger partial charge in [0.15, 0.2) is 0 Å². The number of hydrogen-bond donors (Lipinski definition) is 0. The molecule has 1 unspecified atom stereocenters. The van der Waals surface area contributed by atoms with Crippen molar-refractivity contribution in [3.8, 4) is 17.6 Å². The van der Waals surface area contributed by atoms with Gasteiger partial charge in [-0.05, 0) is 35.9 Å². The minimum Gasteiger partial charge on any atom is -0.497 e. The summed E-state index contributed by atoms with van der Waals surface area (Å²) in [7, 11) is 3.23. The van der Waals surface area contributed by atoms with E-state index in [9.17, 15) is 4.79 Å². The molecule has 0 aromatic heterocycles. The van der Waals surface area contributed by atoms with E-state index in [4.69, 9.17) is 14.7 Å². The molecule has 1 heterocycles. The van der Waals surface area contributed by atoms with Gasteiger partial charge in [-0.2, -0.15) is 5.26 Å². The maximum Gasteiger partial charge on any atom is 0.234 e. The van der Waals surface area contributed by atoms with Crippen LogP contribution in [-0.4, -0.2) is 30.8 Å². The molecule has 0 radical (unpaired) electrons. The fourth-order valence-corrected chi connectivity index (χ4v) is 4.00. The van der Waals surface area contributed by atoms with E-state index in [2.05, 4.69) is 6.07 Å². The van der Waals surface area contributed by atoms with E-state index in [1.54, 1.807) is 38.1 Å². The average Bonchev–Trinajstić information content (AvgIpc) is 3.02. The van der Waals surface area contributed by atoms with Gasteiger partial charge in [-0.3, -0.25) is 4.79 Å². The fourth-order valence-electron chi connectivity index (χ4n) is 2.81. The normalized spacial score (nSPS) is 16.6. The van der Waals surface area contributed by atoms with Crippen molar-refractivity contribution in [3.05, 3.63) is 59.2 Å². The second-order valence-corrected chi connectivity index (χ2v) is 6.67. The van der Waals surface area contributed by atoms with Crippen LogP contribution in [0, 0.1) is 11.3 Å². The van der Waals surface area contributed by atoms with Gasteiger partial charge in [-0.15, -0.1) is 11.8 Å². The molecule has 2 aromatic rings. The van der Waals surface area contributed by atoms with Crippen molar-refractivity contribution in [2.24, 2.45) is 0 Å².